The summed E-state index contributed by atoms with van der Waals surface area (Å²) in [5.74, 6) is -1.34. The van der Waals surface area contributed by atoms with Crippen LogP contribution in [0.15, 0.2) is 77.7 Å². The average Bonchev–Trinajstić information content (AvgIpc) is 2.92. The molecule has 0 aliphatic carbocycles. The van der Waals surface area contributed by atoms with Crippen LogP contribution >= 0.6 is 23.2 Å². The Morgan fingerprint density at radius 1 is 0.950 bits per heavy atom. The molecule has 13 heteroatoms. The SMILES string of the molecule is CCNC(=O)[C@@H](C)N(Cc1ccc(Cl)c(Cl)c1)C(=O)CN(c1cccc(C(F)(F)F)c1)S(=O)(=O)c1ccccc1. The lowest BCUT2D eigenvalue weighted by Crippen LogP contribution is -2.51. The Morgan fingerprint density at radius 2 is 1.62 bits per heavy atom. The Bertz CT molecular complexity index is 1470. The molecule has 1 atom stereocenters. The second-order valence-electron chi connectivity index (χ2n) is 8.71. The molecule has 0 saturated carbocycles. The van der Waals surface area contributed by atoms with E-state index in [1.807, 2.05) is 0 Å². The molecule has 0 aliphatic rings. The van der Waals surface area contributed by atoms with E-state index >= 15 is 0 Å². The summed E-state index contributed by atoms with van der Waals surface area (Å²) >= 11 is 12.1. The highest BCUT2D eigenvalue weighted by molar-refractivity contribution is 7.92. The van der Waals surface area contributed by atoms with Gasteiger partial charge in [0, 0.05) is 13.1 Å². The number of halogens is 5. The Morgan fingerprint density at radius 3 is 2.23 bits per heavy atom. The molecule has 0 aromatic heterocycles. The lowest BCUT2D eigenvalue weighted by Gasteiger charge is -2.32. The topological polar surface area (TPSA) is 86.8 Å². The van der Waals surface area contributed by atoms with E-state index in [-0.39, 0.29) is 33.7 Å². The third-order valence-electron chi connectivity index (χ3n) is 5.93. The van der Waals surface area contributed by atoms with Gasteiger partial charge in [-0.3, -0.25) is 13.9 Å². The highest BCUT2D eigenvalue weighted by atomic mass is 35.5. The average molecular weight is 616 g/mol. The standard InChI is InChI=1S/C27H26Cl2F3N3O4S/c1-3-33-26(37)18(2)34(16-19-12-13-23(28)24(29)14-19)25(36)17-35(40(38,39)22-10-5-4-6-11-22)21-9-7-8-20(15-21)27(30,31)32/h4-15,18H,3,16-17H2,1-2H3,(H,33,37)/t18-/m1/s1. The number of hydrogen-bond acceptors (Lipinski definition) is 4. The van der Waals surface area contributed by atoms with Gasteiger partial charge in [0.1, 0.15) is 12.6 Å². The lowest BCUT2D eigenvalue weighted by molar-refractivity contribution is -0.139. The first-order chi connectivity index (χ1) is 18.8. The minimum atomic E-state index is -4.76. The van der Waals surface area contributed by atoms with Crippen LogP contribution in [-0.4, -0.2) is 44.3 Å². The first kappa shape index (κ1) is 31.3. The number of benzene rings is 3. The maximum atomic E-state index is 13.8. The number of alkyl halides is 3. The molecule has 7 nitrogen and oxygen atoms in total. The third-order valence-corrected chi connectivity index (χ3v) is 8.45. The monoisotopic (exact) mass is 615 g/mol. The van der Waals surface area contributed by atoms with Gasteiger partial charge in [-0.25, -0.2) is 8.42 Å². The number of amides is 2. The molecule has 0 heterocycles. The zero-order valence-corrected chi connectivity index (χ0v) is 23.8. The van der Waals surface area contributed by atoms with Crippen LogP contribution in [0.1, 0.15) is 25.0 Å². The highest BCUT2D eigenvalue weighted by Gasteiger charge is 2.35. The molecular weight excluding hydrogens is 590 g/mol. The van der Waals surface area contributed by atoms with Crippen molar-refractivity contribution < 1.29 is 31.2 Å². The molecule has 214 valence electrons. The summed E-state index contributed by atoms with van der Waals surface area (Å²) in [4.78, 5) is 27.4. The van der Waals surface area contributed by atoms with E-state index in [1.165, 1.54) is 49.4 Å². The number of carbonyl (C=O) groups is 2. The first-order valence-electron chi connectivity index (χ1n) is 12.0. The summed E-state index contributed by atoms with van der Waals surface area (Å²) in [6, 6.07) is 14.2. The molecule has 2 amide bonds. The van der Waals surface area contributed by atoms with Crippen LogP contribution in [0.25, 0.3) is 0 Å². The summed E-state index contributed by atoms with van der Waals surface area (Å²) in [7, 11) is -4.51. The van der Waals surface area contributed by atoms with Crippen LogP contribution in [0.3, 0.4) is 0 Å². The Kier molecular flexibility index (Phi) is 10.1. The molecule has 0 spiro atoms. The van der Waals surface area contributed by atoms with Crippen LogP contribution < -0.4 is 9.62 Å². The molecule has 0 radical (unpaired) electrons. The Hall–Kier alpha value is -3.28. The molecule has 1 N–H and O–H groups in total. The minimum Gasteiger partial charge on any atom is -0.355 e. The summed E-state index contributed by atoms with van der Waals surface area (Å²) < 4.78 is 68.4. The fraction of sp³-hybridized carbons (Fsp3) is 0.259. The normalized spacial score (nSPS) is 12.5. The van der Waals surface area contributed by atoms with Crippen molar-refractivity contribution in [1.29, 1.82) is 0 Å². The quantitative estimate of drug-likeness (QED) is 0.314. The molecule has 0 unspecified atom stereocenters. The van der Waals surface area contributed by atoms with Crippen LogP contribution in [0.5, 0.6) is 0 Å². The maximum absolute atomic E-state index is 13.8. The molecule has 40 heavy (non-hydrogen) atoms. The maximum Gasteiger partial charge on any atom is 0.416 e. The van der Waals surface area contributed by atoms with Gasteiger partial charge >= 0.3 is 6.18 Å². The van der Waals surface area contributed by atoms with Gasteiger partial charge in [-0.15, -0.1) is 0 Å². The first-order valence-corrected chi connectivity index (χ1v) is 14.2. The molecule has 3 rings (SSSR count). The number of likely N-dealkylation sites (N-methyl/N-ethyl adjacent to an activating group) is 1. The highest BCUT2D eigenvalue weighted by Crippen LogP contribution is 2.33. The van der Waals surface area contributed by atoms with E-state index in [9.17, 15) is 31.2 Å². The van der Waals surface area contributed by atoms with E-state index in [2.05, 4.69) is 5.32 Å². The van der Waals surface area contributed by atoms with Crippen LogP contribution in [0, 0.1) is 0 Å². The molecule has 0 fully saturated rings. The fourth-order valence-corrected chi connectivity index (χ4v) is 5.57. The van der Waals surface area contributed by atoms with Gasteiger partial charge in [-0.2, -0.15) is 13.2 Å². The van der Waals surface area contributed by atoms with E-state index in [0.29, 0.717) is 15.9 Å². The second kappa shape index (κ2) is 12.9. The Labute approximate surface area is 240 Å². The second-order valence-corrected chi connectivity index (χ2v) is 11.4. The lowest BCUT2D eigenvalue weighted by atomic mass is 10.1. The van der Waals surface area contributed by atoms with Crippen LogP contribution in [0.4, 0.5) is 18.9 Å². The molecular formula is C27H26Cl2F3N3O4S. The van der Waals surface area contributed by atoms with Gasteiger partial charge in [-0.1, -0.05) is 53.5 Å². The van der Waals surface area contributed by atoms with Crippen LogP contribution in [0.2, 0.25) is 10.0 Å². The predicted molar refractivity (Wildman–Crippen MR) is 148 cm³/mol. The Balaban J connectivity index is 2.09. The zero-order valence-electron chi connectivity index (χ0n) is 21.5. The van der Waals surface area contributed by atoms with Gasteiger partial charge < -0.3 is 10.2 Å². The smallest absolute Gasteiger partial charge is 0.355 e. The zero-order chi connectivity index (χ0) is 29.7. The van der Waals surface area contributed by atoms with E-state index in [0.717, 1.165) is 17.0 Å². The third kappa shape index (κ3) is 7.47. The molecule has 0 bridgehead atoms. The fourth-order valence-electron chi connectivity index (χ4n) is 3.83. The predicted octanol–water partition coefficient (Wildman–Crippen LogP) is 5.76. The molecule has 3 aromatic carbocycles. The van der Waals surface area contributed by atoms with Gasteiger partial charge in [0.25, 0.3) is 10.0 Å². The van der Waals surface area contributed by atoms with Crippen molar-refractivity contribution in [2.24, 2.45) is 0 Å². The molecule has 0 saturated heterocycles. The van der Waals surface area contributed by atoms with Gasteiger partial charge in [-0.05, 0) is 61.9 Å². The van der Waals surface area contributed by atoms with Crippen molar-refractivity contribution in [1.82, 2.24) is 10.2 Å². The summed E-state index contributed by atoms with van der Waals surface area (Å²) in [5, 5.41) is 3.09. The summed E-state index contributed by atoms with van der Waals surface area (Å²) in [6.45, 7) is 2.38. The van der Waals surface area contributed by atoms with Gasteiger partial charge in [0.2, 0.25) is 11.8 Å². The van der Waals surface area contributed by atoms with Crippen molar-refractivity contribution in [3.05, 3.63) is 94.0 Å². The molecule has 3 aromatic rings. The van der Waals surface area contributed by atoms with Crippen molar-refractivity contribution in [3.63, 3.8) is 0 Å². The number of anilines is 1. The number of sulfonamides is 1. The van der Waals surface area contributed by atoms with E-state index in [4.69, 9.17) is 23.2 Å². The number of rotatable bonds is 10. The van der Waals surface area contributed by atoms with Crippen molar-refractivity contribution in [2.45, 2.75) is 37.5 Å². The minimum absolute atomic E-state index is 0.157. The van der Waals surface area contributed by atoms with Crippen molar-refractivity contribution in [2.75, 3.05) is 17.4 Å². The number of hydrogen-bond donors (Lipinski definition) is 1. The summed E-state index contributed by atoms with van der Waals surface area (Å²) in [5.41, 5.74) is -0.961. The van der Waals surface area contributed by atoms with Gasteiger partial charge in [0.15, 0.2) is 0 Å². The van der Waals surface area contributed by atoms with E-state index < -0.39 is 46.2 Å². The number of nitrogens with zero attached hydrogens (tertiary/aromatic N) is 2. The van der Waals surface area contributed by atoms with Crippen molar-refractivity contribution in [3.8, 4) is 0 Å². The van der Waals surface area contributed by atoms with Gasteiger partial charge in [0.05, 0.1) is 26.2 Å². The van der Waals surface area contributed by atoms with Crippen molar-refractivity contribution >= 4 is 50.7 Å². The molecule has 0 aliphatic heterocycles. The number of nitrogens with one attached hydrogen (secondary N) is 1. The summed E-state index contributed by atoms with van der Waals surface area (Å²) in [6.07, 6.45) is -4.76. The van der Waals surface area contributed by atoms with Crippen LogP contribution in [-0.2, 0) is 32.3 Å². The van der Waals surface area contributed by atoms with E-state index in [1.54, 1.807) is 19.1 Å². The number of carbonyl (C=O) groups excluding carboxylic acids is 2. The largest absolute Gasteiger partial charge is 0.416 e.